The molecular weight excluding hydrogens is 240 g/mol. The minimum atomic E-state index is -0.116. The Labute approximate surface area is 113 Å². The second-order valence-corrected chi connectivity index (χ2v) is 4.94. The average molecular weight is 258 g/mol. The lowest BCUT2D eigenvalue weighted by molar-refractivity contribution is -0.112. The molecule has 0 radical (unpaired) electrons. The van der Waals surface area contributed by atoms with E-state index in [1.807, 2.05) is 31.2 Å². The summed E-state index contributed by atoms with van der Waals surface area (Å²) < 4.78 is 5.13. The number of carbonyl (C=O) groups is 2. The second kappa shape index (κ2) is 5.83. The number of hydrogen-bond donors (Lipinski definition) is 0. The fourth-order valence-corrected chi connectivity index (χ4v) is 2.75. The van der Waals surface area contributed by atoms with Crippen LogP contribution < -0.4 is 4.74 Å². The fourth-order valence-electron chi connectivity index (χ4n) is 2.75. The fraction of sp³-hybridized carbons (Fsp3) is 0.375. The van der Waals surface area contributed by atoms with Gasteiger partial charge in [-0.05, 0) is 43.0 Å². The Bertz CT molecular complexity index is 499. The maximum absolute atomic E-state index is 11.3. The van der Waals surface area contributed by atoms with Gasteiger partial charge >= 0.3 is 0 Å². The minimum absolute atomic E-state index is 0.114. The molecule has 0 aliphatic heterocycles. The van der Waals surface area contributed by atoms with E-state index in [1.54, 1.807) is 7.11 Å². The molecule has 1 aromatic rings. The van der Waals surface area contributed by atoms with Gasteiger partial charge in [-0.15, -0.1) is 0 Å². The van der Waals surface area contributed by atoms with Gasteiger partial charge in [0.1, 0.15) is 18.3 Å². The van der Waals surface area contributed by atoms with E-state index in [0.29, 0.717) is 0 Å². The first-order valence-corrected chi connectivity index (χ1v) is 6.45. The monoisotopic (exact) mass is 258 g/mol. The third-order valence-electron chi connectivity index (χ3n) is 3.89. The summed E-state index contributed by atoms with van der Waals surface area (Å²) in [7, 11) is 1.62. The van der Waals surface area contributed by atoms with E-state index in [4.69, 9.17) is 4.74 Å². The van der Waals surface area contributed by atoms with Crippen molar-refractivity contribution >= 4 is 12.6 Å². The Morgan fingerprint density at radius 3 is 2.42 bits per heavy atom. The SMILES string of the molecule is COc1ccc([C@@H]2C(C=O)=C(C)CC[C@H]2C=O)cc1. The van der Waals surface area contributed by atoms with Crippen LogP contribution in [0.2, 0.25) is 0 Å². The van der Waals surface area contributed by atoms with E-state index in [9.17, 15) is 9.59 Å². The molecule has 0 unspecified atom stereocenters. The number of methoxy groups -OCH3 is 1. The van der Waals surface area contributed by atoms with E-state index < -0.39 is 0 Å². The van der Waals surface area contributed by atoms with E-state index >= 15 is 0 Å². The Hall–Kier alpha value is -1.90. The molecular formula is C16H18O3. The molecule has 2 atom stereocenters. The van der Waals surface area contributed by atoms with E-state index in [1.165, 1.54) is 0 Å². The van der Waals surface area contributed by atoms with Crippen LogP contribution in [-0.2, 0) is 9.59 Å². The molecule has 1 aromatic carbocycles. The summed E-state index contributed by atoms with van der Waals surface area (Å²) in [5.41, 5.74) is 2.85. The Morgan fingerprint density at radius 2 is 1.89 bits per heavy atom. The van der Waals surface area contributed by atoms with Crippen molar-refractivity contribution in [1.82, 2.24) is 0 Å². The van der Waals surface area contributed by atoms with Gasteiger partial charge < -0.3 is 9.53 Å². The standard InChI is InChI=1S/C16H18O3/c1-11-3-4-13(9-17)16(15(11)10-18)12-5-7-14(19-2)8-6-12/h5-10,13,16H,3-4H2,1-2H3/t13-,16-/m0/s1. The molecule has 1 aliphatic rings. The lowest BCUT2D eigenvalue weighted by Crippen LogP contribution is -2.22. The zero-order chi connectivity index (χ0) is 13.8. The lowest BCUT2D eigenvalue weighted by Gasteiger charge is -2.30. The molecule has 3 nitrogen and oxygen atoms in total. The number of ether oxygens (including phenoxy) is 1. The van der Waals surface area contributed by atoms with E-state index in [2.05, 4.69) is 0 Å². The van der Waals surface area contributed by atoms with Crippen molar-refractivity contribution in [1.29, 1.82) is 0 Å². The molecule has 0 N–H and O–H groups in total. The Kier molecular flexibility index (Phi) is 4.15. The summed E-state index contributed by atoms with van der Waals surface area (Å²) in [5.74, 6) is 0.544. The van der Waals surface area contributed by atoms with Crippen LogP contribution in [0.1, 0.15) is 31.2 Å². The van der Waals surface area contributed by atoms with Crippen molar-refractivity contribution in [2.24, 2.45) is 5.92 Å². The smallest absolute Gasteiger partial charge is 0.146 e. The summed E-state index contributed by atoms with van der Waals surface area (Å²) in [6, 6.07) is 7.59. The molecule has 0 spiro atoms. The molecule has 2 rings (SSSR count). The van der Waals surface area contributed by atoms with Crippen LogP contribution in [0.3, 0.4) is 0 Å². The van der Waals surface area contributed by atoms with Crippen molar-refractivity contribution in [2.75, 3.05) is 7.11 Å². The largest absolute Gasteiger partial charge is 0.497 e. The van der Waals surface area contributed by atoms with Crippen molar-refractivity contribution in [3.8, 4) is 5.75 Å². The summed E-state index contributed by atoms with van der Waals surface area (Å²) >= 11 is 0. The zero-order valence-electron chi connectivity index (χ0n) is 11.3. The Morgan fingerprint density at radius 1 is 1.21 bits per heavy atom. The van der Waals surface area contributed by atoms with Crippen LogP contribution in [0, 0.1) is 5.92 Å². The summed E-state index contributed by atoms with van der Waals surface area (Å²) in [6.07, 6.45) is 3.51. The predicted octanol–water partition coefficient (Wildman–Crippen LogP) is 2.90. The summed E-state index contributed by atoms with van der Waals surface area (Å²) in [6.45, 7) is 1.97. The van der Waals surface area contributed by atoms with Crippen molar-refractivity contribution in [2.45, 2.75) is 25.7 Å². The first-order chi connectivity index (χ1) is 9.21. The van der Waals surface area contributed by atoms with Gasteiger partial charge in [0.2, 0.25) is 0 Å². The quantitative estimate of drug-likeness (QED) is 0.780. The Balaban J connectivity index is 2.43. The zero-order valence-corrected chi connectivity index (χ0v) is 11.3. The van der Waals surface area contributed by atoms with Crippen LogP contribution in [0.15, 0.2) is 35.4 Å². The van der Waals surface area contributed by atoms with Crippen LogP contribution in [0.25, 0.3) is 0 Å². The topological polar surface area (TPSA) is 43.4 Å². The molecule has 0 aromatic heterocycles. The highest BCUT2D eigenvalue weighted by Gasteiger charge is 2.31. The first-order valence-electron chi connectivity index (χ1n) is 6.45. The van der Waals surface area contributed by atoms with Gasteiger partial charge in [0.15, 0.2) is 0 Å². The molecule has 100 valence electrons. The number of rotatable bonds is 4. The highest BCUT2D eigenvalue weighted by Crippen LogP contribution is 2.40. The van der Waals surface area contributed by atoms with Gasteiger partial charge in [-0.2, -0.15) is 0 Å². The van der Waals surface area contributed by atoms with Gasteiger partial charge in [0.25, 0.3) is 0 Å². The average Bonchev–Trinajstić information content (AvgIpc) is 2.47. The highest BCUT2D eigenvalue weighted by molar-refractivity contribution is 5.80. The molecule has 0 saturated heterocycles. The molecule has 0 bridgehead atoms. The van der Waals surface area contributed by atoms with E-state index in [-0.39, 0.29) is 11.8 Å². The summed E-state index contributed by atoms with van der Waals surface area (Å²) in [4.78, 5) is 22.6. The maximum Gasteiger partial charge on any atom is 0.146 e. The number of benzene rings is 1. The molecule has 19 heavy (non-hydrogen) atoms. The molecule has 3 heteroatoms. The van der Waals surface area contributed by atoms with Gasteiger partial charge in [0.05, 0.1) is 7.11 Å². The summed E-state index contributed by atoms with van der Waals surface area (Å²) in [5, 5.41) is 0. The normalized spacial score (nSPS) is 23.1. The molecule has 1 aliphatic carbocycles. The number of hydrogen-bond acceptors (Lipinski definition) is 3. The van der Waals surface area contributed by atoms with Gasteiger partial charge in [-0.1, -0.05) is 17.7 Å². The number of carbonyl (C=O) groups excluding carboxylic acids is 2. The minimum Gasteiger partial charge on any atom is -0.497 e. The van der Waals surface area contributed by atoms with Gasteiger partial charge in [-0.3, -0.25) is 4.79 Å². The lowest BCUT2D eigenvalue weighted by atomic mass is 9.73. The van der Waals surface area contributed by atoms with Gasteiger partial charge in [0, 0.05) is 11.8 Å². The molecule has 0 fully saturated rings. The van der Waals surface area contributed by atoms with Crippen molar-refractivity contribution in [3.63, 3.8) is 0 Å². The maximum atomic E-state index is 11.3. The van der Waals surface area contributed by atoms with Crippen LogP contribution in [0.4, 0.5) is 0 Å². The molecule has 0 saturated carbocycles. The van der Waals surface area contributed by atoms with Gasteiger partial charge in [-0.25, -0.2) is 0 Å². The number of aldehydes is 2. The third-order valence-corrected chi connectivity index (χ3v) is 3.89. The highest BCUT2D eigenvalue weighted by atomic mass is 16.5. The van der Waals surface area contributed by atoms with Crippen molar-refractivity contribution in [3.05, 3.63) is 41.0 Å². The van der Waals surface area contributed by atoms with E-state index in [0.717, 1.165) is 47.9 Å². The van der Waals surface area contributed by atoms with Crippen molar-refractivity contribution < 1.29 is 14.3 Å². The second-order valence-electron chi connectivity index (χ2n) is 4.94. The third kappa shape index (κ3) is 2.60. The van der Waals surface area contributed by atoms with Crippen LogP contribution >= 0.6 is 0 Å². The molecule has 0 heterocycles. The molecule has 0 amide bonds. The number of allylic oxidation sites excluding steroid dienone is 2. The first kappa shape index (κ1) is 13.5. The van der Waals surface area contributed by atoms with Crippen LogP contribution in [-0.4, -0.2) is 19.7 Å². The predicted molar refractivity (Wildman–Crippen MR) is 73.3 cm³/mol. The van der Waals surface area contributed by atoms with Crippen LogP contribution in [0.5, 0.6) is 5.75 Å².